The van der Waals surface area contributed by atoms with E-state index in [1.54, 1.807) is 6.20 Å². The van der Waals surface area contributed by atoms with Crippen LogP contribution in [0.15, 0.2) is 34.9 Å². The summed E-state index contributed by atoms with van der Waals surface area (Å²) in [5.74, 6) is 0.400. The Labute approximate surface area is 123 Å². The number of aliphatic carboxylic acids is 1. The van der Waals surface area contributed by atoms with Gasteiger partial charge in [0.25, 0.3) is 0 Å². The van der Waals surface area contributed by atoms with Crippen molar-refractivity contribution in [2.24, 2.45) is 5.92 Å². The monoisotopic (exact) mass is 286 g/mol. The van der Waals surface area contributed by atoms with E-state index in [0.717, 1.165) is 17.9 Å². The van der Waals surface area contributed by atoms with Crippen molar-refractivity contribution in [3.63, 3.8) is 0 Å². The predicted molar refractivity (Wildman–Crippen MR) is 77.7 cm³/mol. The Bertz CT molecular complexity index is 633. The Morgan fingerprint density at radius 2 is 2.19 bits per heavy atom. The van der Waals surface area contributed by atoms with Gasteiger partial charge >= 0.3 is 5.97 Å². The summed E-state index contributed by atoms with van der Waals surface area (Å²) in [6, 6.07) is 8.09. The molecule has 5 heteroatoms. The summed E-state index contributed by atoms with van der Waals surface area (Å²) in [7, 11) is 0. The van der Waals surface area contributed by atoms with Gasteiger partial charge in [0.05, 0.1) is 18.7 Å². The van der Waals surface area contributed by atoms with E-state index in [-0.39, 0.29) is 5.92 Å². The molecule has 0 radical (unpaired) electrons. The maximum Gasteiger partial charge on any atom is 0.307 e. The largest absolute Gasteiger partial charge is 0.481 e. The molecule has 0 spiro atoms. The normalized spacial score (nSPS) is 19.0. The number of carboxylic acid groups (broad SMARTS) is 1. The van der Waals surface area contributed by atoms with Gasteiger partial charge in [0, 0.05) is 12.1 Å². The van der Waals surface area contributed by atoms with E-state index in [9.17, 15) is 4.79 Å². The van der Waals surface area contributed by atoms with Crippen molar-refractivity contribution >= 4 is 5.97 Å². The smallest absolute Gasteiger partial charge is 0.307 e. The van der Waals surface area contributed by atoms with E-state index < -0.39 is 5.97 Å². The molecule has 1 aliphatic rings. The number of aromatic nitrogens is 1. The topological polar surface area (TPSA) is 66.6 Å². The Morgan fingerprint density at radius 3 is 2.86 bits per heavy atom. The average Bonchev–Trinajstić information content (AvgIpc) is 3.10. The second-order valence-electron chi connectivity index (χ2n) is 5.54. The van der Waals surface area contributed by atoms with Crippen LogP contribution < -0.4 is 0 Å². The van der Waals surface area contributed by atoms with E-state index >= 15 is 0 Å². The molecular formula is C16H18N2O3. The summed E-state index contributed by atoms with van der Waals surface area (Å²) >= 11 is 0. The molecular weight excluding hydrogens is 268 g/mol. The molecule has 1 aliphatic heterocycles. The molecule has 0 saturated carbocycles. The van der Waals surface area contributed by atoms with Crippen LogP contribution in [0.3, 0.4) is 0 Å². The third kappa shape index (κ3) is 3.13. The van der Waals surface area contributed by atoms with Gasteiger partial charge in [-0.25, -0.2) is 4.98 Å². The minimum atomic E-state index is -0.717. The first-order chi connectivity index (χ1) is 10.1. The number of oxazole rings is 1. The Morgan fingerprint density at radius 1 is 1.43 bits per heavy atom. The van der Waals surface area contributed by atoms with Crippen molar-refractivity contribution in [3.05, 3.63) is 41.9 Å². The molecule has 1 fully saturated rings. The van der Waals surface area contributed by atoms with Crippen LogP contribution in [-0.2, 0) is 11.3 Å². The Kier molecular flexibility index (Phi) is 3.75. The number of rotatable bonds is 4. The maximum absolute atomic E-state index is 11.0. The maximum atomic E-state index is 11.0. The molecule has 21 heavy (non-hydrogen) atoms. The molecule has 2 aromatic rings. The van der Waals surface area contributed by atoms with Gasteiger partial charge in [-0.1, -0.05) is 29.8 Å². The summed E-state index contributed by atoms with van der Waals surface area (Å²) < 4.78 is 5.77. The minimum absolute atomic E-state index is 0.267. The van der Waals surface area contributed by atoms with Gasteiger partial charge in [-0.2, -0.15) is 0 Å². The highest BCUT2D eigenvalue weighted by Crippen LogP contribution is 2.23. The molecule has 1 unspecified atom stereocenters. The van der Waals surface area contributed by atoms with Gasteiger partial charge in [0.1, 0.15) is 0 Å². The van der Waals surface area contributed by atoms with Crippen LogP contribution in [0.25, 0.3) is 11.3 Å². The second-order valence-corrected chi connectivity index (χ2v) is 5.54. The first-order valence-electron chi connectivity index (χ1n) is 7.09. The van der Waals surface area contributed by atoms with E-state index in [2.05, 4.69) is 9.88 Å². The lowest BCUT2D eigenvalue weighted by atomic mass is 10.1. The third-order valence-corrected chi connectivity index (χ3v) is 3.87. The molecule has 0 aliphatic carbocycles. The van der Waals surface area contributed by atoms with Crippen molar-refractivity contribution in [2.75, 3.05) is 13.1 Å². The minimum Gasteiger partial charge on any atom is -0.481 e. The zero-order chi connectivity index (χ0) is 14.8. The Hall–Kier alpha value is -2.14. The molecule has 1 atom stereocenters. The quantitative estimate of drug-likeness (QED) is 0.935. The van der Waals surface area contributed by atoms with Crippen LogP contribution in [-0.4, -0.2) is 34.0 Å². The number of hydrogen-bond donors (Lipinski definition) is 1. The van der Waals surface area contributed by atoms with E-state index in [1.165, 1.54) is 5.56 Å². The lowest BCUT2D eigenvalue weighted by Crippen LogP contribution is -2.22. The summed E-state index contributed by atoms with van der Waals surface area (Å²) in [6.07, 6.45) is 2.42. The molecule has 5 nitrogen and oxygen atoms in total. The molecule has 0 amide bonds. The van der Waals surface area contributed by atoms with E-state index in [1.807, 2.05) is 31.2 Å². The molecule has 2 heterocycles. The van der Waals surface area contributed by atoms with Crippen molar-refractivity contribution < 1.29 is 14.3 Å². The summed E-state index contributed by atoms with van der Waals surface area (Å²) in [6.45, 7) is 3.95. The van der Waals surface area contributed by atoms with Gasteiger partial charge in [0.2, 0.25) is 5.89 Å². The zero-order valence-corrected chi connectivity index (χ0v) is 12.0. The van der Waals surface area contributed by atoms with Crippen LogP contribution in [0, 0.1) is 12.8 Å². The number of hydrogen-bond acceptors (Lipinski definition) is 4. The predicted octanol–water partition coefficient (Wildman–Crippen LogP) is 2.56. The molecule has 3 rings (SSSR count). The molecule has 0 bridgehead atoms. The van der Waals surface area contributed by atoms with Crippen LogP contribution >= 0.6 is 0 Å². The van der Waals surface area contributed by atoms with Gasteiger partial charge in [-0.3, -0.25) is 9.69 Å². The number of likely N-dealkylation sites (tertiary alicyclic amines) is 1. The summed E-state index contributed by atoms with van der Waals surface area (Å²) in [4.78, 5) is 17.3. The van der Waals surface area contributed by atoms with Crippen molar-refractivity contribution in [1.29, 1.82) is 0 Å². The molecule has 110 valence electrons. The number of nitrogens with zero attached hydrogens (tertiary/aromatic N) is 2. The van der Waals surface area contributed by atoms with Crippen LogP contribution in [0.4, 0.5) is 0 Å². The SMILES string of the molecule is Cc1ccc(-c2cnc(CN3CCC(C(=O)O)C3)o2)cc1. The lowest BCUT2D eigenvalue weighted by molar-refractivity contribution is -0.141. The fraction of sp³-hybridized carbons (Fsp3) is 0.375. The summed E-state index contributed by atoms with van der Waals surface area (Å²) in [5.41, 5.74) is 2.21. The van der Waals surface area contributed by atoms with E-state index in [4.69, 9.17) is 9.52 Å². The lowest BCUT2D eigenvalue weighted by Gasteiger charge is -2.11. The zero-order valence-electron chi connectivity index (χ0n) is 12.0. The molecule has 1 aromatic carbocycles. The fourth-order valence-corrected chi connectivity index (χ4v) is 2.60. The molecule has 1 aromatic heterocycles. The van der Waals surface area contributed by atoms with Gasteiger partial charge in [-0.15, -0.1) is 0 Å². The number of aryl methyl sites for hydroxylation is 1. The number of benzene rings is 1. The Balaban J connectivity index is 1.66. The number of carbonyl (C=O) groups is 1. The third-order valence-electron chi connectivity index (χ3n) is 3.87. The fourth-order valence-electron chi connectivity index (χ4n) is 2.60. The first-order valence-corrected chi connectivity index (χ1v) is 7.09. The van der Waals surface area contributed by atoms with Crippen LogP contribution in [0.2, 0.25) is 0 Å². The highest BCUT2D eigenvalue weighted by molar-refractivity contribution is 5.70. The van der Waals surface area contributed by atoms with E-state index in [0.29, 0.717) is 25.4 Å². The standard InChI is InChI=1S/C16H18N2O3/c1-11-2-4-12(5-3-11)14-8-17-15(21-14)10-18-7-6-13(9-18)16(19)20/h2-5,8,13H,6-7,9-10H2,1H3,(H,19,20). The highest BCUT2D eigenvalue weighted by atomic mass is 16.4. The van der Waals surface area contributed by atoms with Crippen molar-refractivity contribution in [3.8, 4) is 11.3 Å². The number of carboxylic acids is 1. The highest BCUT2D eigenvalue weighted by Gasteiger charge is 2.28. The average molecular weight is 286 g/mol. The van der Waals surface area contributed by atoms with Crippen LogP contribution in [0.5, 0.6) is 0 Å². The first kappa shape index (κ1) is 13.8. The van der Waals surface area contributed by atoms with Crippen LogP contribution in [0.1, 0.15) is 17.9 Å². The summed E-state index contributed by atoms with van der Waals surface area (Å²) in [5, 5.41) is 9.01. The van der Waals surface area contributed by atoms with Gasteiger partial charge in [-0.05, 0) is 19.9 Å². The van der Waals surface area contributed by atoms with Crippen molar-refractivity contribution in [1.82, 2.24) is 9.88 Å². The van der Waals surface area contributed by atoms with Gasteiger partial charge in [0.15, 0.2) is 5.76 Å². The van der Waals surface area contributed by atoms with Crippen molar-refractivity contribution in [2.45, 2.75) is 19.9 Å². The second kappa shape index (κ2) is 5.69. The molecule has 1 saturated heterocycles. The van der Waals surface area contributed by atoms with Gasteiger partial charge < -0.3 is 9.52 Å². The molecule has 1 N–H and O–H groups in total.